The zero-order valence-electron chi connectivity index (χ0n) is 8.45. The van der Waals surface area contributed by atoms with Crippen LogP contribution in [0.2, 0.25) is 0 Å². The van der Waals surface area contributed by atoms with E-state index in [4.69, 9.17) is 10.5 Å². The third kappa shape index (κ3) is 2.51. The van der Waals surface area contributed by atoms with Crippen molar-refractivity contribution in [3.63, 3.8) is 0 Å². The zero-order valence-corrected chi connectivity index (χ0v) is 8.45. The first-order chi connectivity index (χ1) is 6.16. The molecule has 1 aliphatic heterocycles. The topological polar surface area (TPSA) is 52.3 Å². The van der Waals surface area contributed by atoms with Gasteiger partial charge >= 0.3 is 0 Å². The van der Waals surface area contributed by atoms with Crippen LogP contribution < -0.4 is 5.73 Å². The molecule has 3 atom stereocenters. The van der Waals surface area contributed by atoms with E-state index in [0.717, 1.165) is 12.8 Å². The van der Waals surface area contributed by atoms with Gasteiger partial charge in [0.25, 0.3) is 0 Å². The van der Waals surface area contributed by atoms with Crippen LogP contribution in [-0.2, 0) is 9.53 Å². The summed E-state index contributed by atoms with van der Waals surface area (Å²) >= 11 is 0. The Morgan fingerprint density at radius 1 is 1.69 bits per heavy atom. The Balaban J connectivity index is 2.45. The number of nitrogens with two attached hydrogens (primary N) is 1. The molecule has 13 heavy (non-hydrogen) atoms. The summed E-state index contributed by atoms with van der Waals surface area (Å²) in [6.07, 6.45) is 1.81. The van der Waals surface area contributed by atoms with E-state index in [2.05, 4.69) is 6.92 Å². The molecule has 3 nitrogen and oxygen atoms in total. The van der Waals surface area contributed by atoms with Crippen LogP contribution in [0.3, 0.4) is 0 Å². The van der Waals surface area contributed by atoms with Crippen LogP contribution in [0, 0.1) is 11.8 Å². The normalized spacial score (nSPS) is 27.2. The van der Waals surface area contributed by atoms with E-state index in [9.17, 15) is 4.79 Å². The van der Waals surface area contributed by atoms with Gasteiger partial charge in [0.05, 0.1) is 12.6 Å². The lowest BCUT2D eigenvalue weighted by atomic mass is 9.89. The third-order valence-corrected chi connectivity index (χ3v) is 2.92. The van der Waals surface area contributed by atoms with Crippen molar-refractivity contribution in [3.8, 4) is 0 Å². The summed E-state index contributed by atoms with van der Waals surface area (Å²) in [5.74, 6) is 0.531. The van der Waals surface area contributed by atoms with Gasteiger partial charge in [-0.25, -0.2) is 0 Å². The lowest BCUT2D eigenvalue weighted by Crippen LogP contribution is -2.40. The number of Topliss-reactive ketones (excluding diaryl/α,β-unsaturated/α-hetero) is 1. The summed E-state index contributed by atoms with van der Waals surface area (Å²) in [5.41, 5.74) is 5.85. The second-order valence-corrected chi connectivity index (χ2v) is 3.87. The molecule has 1 aliphatic rings. The second-order valence-electron chi connectivity index (χ2n) is 3.87. The van der Waals surface area contributed by atoms with Gasteiger partial charge in [-0.3, -0.25) is 4.79 Å². The minimum Gasteiger partial charge on any atom is -0.381 e. The molecule has 2 N–H and O–H groups in total. The van der Waals surface area contributed by atoms with Crippen LogP contribution in [0.5, 0.6) is 0 Å². The van der Waals surface area contributed by atoms with Crippen LogP contribution >= 0.6 is 0 Å². The van der Waals surface area contributed by atoms with E-state index in [1.807, 2.05) is 6.92 Å². The van der Waals surface area contributed by atoms with Gasteiger partial charge in [-0.1, -0.05) is 20.3 Å². The maximum absolute atomic E-state index is 11.7. The van der Waals surface area contributed by atoms with Crippen molar-refractivity contribution in [1.29, 1.82) is 0 Å². The first-order valence-electron chi connectivity index (χ1n) is 5.03. The molecule has 0 aromatic carbocycles. The molecule has 0 radical (unpaired) electrons. The van der Waals surface area contributed by atoms with E-state index in [0.29, 0.717) is 13.2 Å². The molecule has 0 aromatic heterocycles. The van der Waals surface area contributed by atoms with Crippen molar-refractivity contribution >= 4 is 5.78 Å². The highest BCUT2D eigenvalue weighted by molar-refractivity contribution is 5.86. The van der Waals surface area contributed by atoms with Crippen LogP contribution in [0.25, 0.3) is 0 Å². The van der Waals surface area contributed by atoms with Gasteiger partial charge in [0.15, 0.2) is 5.78 Å². The van der Waals surface area contributed by atoms with Crippen LogP contribution in [0.4, 0.5) is 0 Å². The van der Waals surface area contributed by atoms with Crippen LogP contribution in [0.15, 0.2) is 0 Å². The Labute approximate surface area is 79.6 Å². The number of hydrogen-bond acceptors (Lipinski definition) is 3. The highest BCUT2D eigenvalue weighted by Gasteiger charge is 2.29. The second kappa shape index (κ2) is 4.72. The predicted octanol–water partition coefficient (Wildman–Crippen LogP) is 0.965. The summed E-state index contributed by atoms with van der Waals surface area (Å²) < 4.78 is 5.17. The Hall–Kier alpha value is -0.410. The molecule has 0 aliphatic carbocycles. The average Bonchev–Trinajstić information content (AvgIpc) is 2.67. The smallest absolute Gasteiger partial charge is 0.155 e. The standard InChI is InChI=1S/C10H19NO2/c1-3-7(2)9(11)10(12)8-4-5-13-6-8/h7-9H,3-6,11H2,1-2H3. The average molecular weight is 185 g/mol. The highest BCUT2D eigenvalue weighted by atomic mass is 16.5. The van der Waals surface area contributed by atoms with Crippen molar-refractivity contribution in [2.24, 2.45) is 17.6 Å². The fraction of sp³-hybridized carbons (Fsp3) is 0.900. The Bertz CT molecular complexity index is 176. The van der Waals surface area contributed by atoms with Crippen molar-refractivity contribution < 1.29 is 9.53 Å². The van der Waals surface area contributed by atoms with Gasteiger partial charge in [0.1, 0.15) is 0 Å². The van der Waals surface area contributed by atoms with Crippen LogP contribution in [0.1, 0.15) is 26.7 Å². The minimum absolute atomic E-state index is 0.0593. The van der Waals surface area contributed by atoms with Gasteiger partial charge in [0, 0.05) is 12.5 Å². The number of rotatable bonds is 4. The van der Waals surface area contributed by atoms with E-state index in [-0.39, 0.29) is 23.7 Å². The maximum Gasteiger partial charge on any atom is 0.155 e. The summed E-state index contributed by atoms with van der Waals surface area (Å²) in [4.78, 5) is 11.7. The lowest BCUT2D eigenvalue weighted by molar-refractivity contribution is -0.125. The largest absolute Gasteiger partial charge is 0.381 e. The van der Waals surface area contributed by atoms with Crippen molar-refractivity contribution in [2.75, 3.05) is 13.2 Å². The number of hydrogen-bond donors (Lipinski definition) is 1. The van der Waals surface area contributed by atoms with Gasteiger partial charge < -0.3 is 10.5 Å². The highest BCUT2D eigenvalue weighted by Crippen LogP contribution is 2.18. The molecule has 1 fully saturated rings. The first-order valence-corrected chi connectivity index (χ1v) is 5.03. The summed E-state index contributed by atoms with van der Waals surface area (Å²) in [6, 6.07) is -0.295. The fourth-order valence-corrected chi connectivity index (χ4v) is 1.57. The predicted molar refractivity (Wildman–Crippen MR) is 51.4 cm³/mol. The SMILES string of the molecule is CCC(C)C(N)C(=O)C1CCOC1. The molecular formula is C10H19NO2. The Morgan fingerprint density at radius 3 is 2.85 bits per heavy atom. The van der Waals surface area contributed by atoms with Gasteiger partial charge in [-0.15, -0.1) is 0 Å². The molecule has 0 bridgehead atoms. The number of carbonyl (C=O) groups excluding carboxylic acids is 1. The Kier molecular flexibility index (Phi) is 3.88. The van der Waals surface area contributed by atoms with Crippen molar-refractivity contribution in [3.05, 3.63) is 0 Å². The molecule has 76 valence electrons. The van der Waals surface area contributed by atoms with Gasteiger partial charge in [-0.05, 0) is 12.3 Å². The molecular weight excluding hydrogens is 166 g/mol. The molecule has 1 heterocycles. The van der Waals surface area contributed by atoms with Gasteiger partial charge in [0.2, 0.25) is 0 Å². The molecule has 0 aromatic rings. The van der Waals surface area contributed by atoms with Crippen molar-refractivity contribution in [2.45, 2.75) is 32.7 Å². The van der Waals surface area contributed by atoms with Crippen LogP contribution in [-0.4, -0.2) is 25.0 Å². The van der Waals surface area contributed by atoms with Gasteiger partial charge in [-0.2, -0.15) is 0 Å². The molecule has 3 heteroatoms. The molecule has 0 spiro atoms. The van der Waals surface area contributed by atoms with E-state index < -0.39 is 0 Å². The summed E-state index contributed by atoms with van der Waals surface area (Å²) in [6.45, 7) is 5.37. The number of ketones is 1. The van der Waals surface area contributed by atoms with Crippen molar-refractivity contribution in [1.82, 2.24) is 0 Å². The molecule has 1 rings (SSSR count). The molecule has 1 saturated heterocycles. The third-order valence-electron chi connectivity index (χ3n) is 2.92. The zero-order chi connectivity index (χ0) is 9.84. The molecule has 0 saturated carbocycles. The van der Waals surface area contributed by atoms with E-state index in [1.165, 1.54) is 0 Å². The first kappa shape index (κ1) is 10.7. The van der Waals surface area contributed by atoms with E-state index >= 15 is 0 Å². The summed E-state index contributed by atoms with van der Waals surface area (Å²) in [7, 11) is 0. The number of carbonyl (C=O) groups is 1. The summed E-state index contributed by atoms with van der Waals surface area (Å²) in [5, 5.41) is 0. The Morgan fingerprint density at radius 2 is 2.38 bits per heavy atom. The quantitative estimate of drug-likeness (QED) is 0.710. The maximum atomic E-state index is 11.7. The molecule has 3 unspecified atom stereocenters. The minimum atomic E-state index is -0.295. The number of ether oxygens (including phenoxy) is 1. The monoisotopic (exact) mass is 185 g/mol. The lowest BCUT2D eigenvalue weighted by Gasteiger charge is -2.19. The van der Waals surface area contributed by atoms with E-state index in [1.54, 1.807) is 0 Å². The fourth-order valence-electron chi connectivity index (χ4n) is 1.57. The molecule has 0 amide bonds.